The molecule has 0 bridgehead atoms. The molecule has 7 rings (SSSR count). The van der Waals surface area contributed by atoms with Gasteiger partial charge in [0.25, 0.3) is 0 Å². The van der Waals surface area contributed by atoms with E-state index in [1.54, 1.807) is 0 Å². The lowest BCUT2D eigenvalue weighted by Gasteiger charge is -2.29. The van der Waals surface area contributed by atoms with Crippen molar-refractivity contribution in [1.82, 2.24) is 0 Å². The molecule has 0 N–H and O–H groups in total. The first-order valence-corrected chi connectivity index (χ1v) is 16.8. The molecule has 0 fully saturated rings. The molecule has 6 aromatic carbocycles. The van der Waals surface area contributed by atoms with Crippen molar-refractivity contribution >= 4 is 33.8 Å². The van der Waals surface area contributed by atoms with Gasteiger partial charge in [0.1, 0.15) is 12.4 Å². The van der Waals surface area contributed by atoms with Gasteiger partial charge in [-0.3, -0.25) is 0 Å². The molecule has 0 unspecified atom stereocenters. The number of ether oxygens (including phenoxy) is 1. The van der Waals surface area contributed by atoms with Crippen molar-refractivity contribution in [1.29, 1.82) is 0 Å². The van der Waals surface area contributed by atoms with Gasteiger partial charge in [0.05, 0.1) is 0 Å². The molecule has 0 amide bonds. The van der Waals surface area contributed by atoms with Gasteiger partial charge in [-0.1, -0.05) is 121 Å². The molecule has 0 atom stereocenters. The minimum absolute atomic E-state index is 0.458. The molecule has 0 heterocycles. The fraction of sp³-hybridized carbons (Fsp3) is 0.150. The summed E-state index contributed by atoms with van der Waals surface area (Å²) in [7, 11) is -3.31. The molecule has 6 aromatic rings. The van der Waals surface area contributed by atoms with Gasteiger partial charge < -0.3 is 9.30 Å². The van der Waals surface area contributed by atoms with Crippen LogP contribution in [0.25, 0.3) is 21.9 Å². The van der Waals surface area contributed by atoms with Gasteiger partial charge in [-0.15, -0.1) is 0 Å². The fourth-order valence-corrected chi connectivity index (χ4v) is 10.2. The standard InChI is InChI=1S/C40H35O2P/c1-28-34-23-14-24-35(34)29(2)40(43(41,32-18-8-4-9-19-32)33-20-10-5-11-21-33)38(28)39-36-22-13-12-17-31(36)25-26-37(39)42-27-30-15-6-3-7-16-30/h3-13,15-22,25-26H,14,23-24,27H2,1-2H3. The summed E-state index contributed by atoms with van der Waals surface area (Å²) in [5.41, 5.74) is 8.37. The summed E-state index contributed by atoms with van der Waals surface area (Å²) in [6, 6.07) is 43.2. The van der Waals surface area contributed by atoms with Gasteiger partial charge >= 0.3 is 0 Å². The lowest BCUT2D eigenvalue weighted by Crippen LogP contribution is -2.30. The van der Waals surface area contributed by atoms with E-state index < -0.39 is 7.14 Å². The van der Waals surface area contributed by atoms with E-state index >= 15 is 4.57 Å². The molecule has 1 aliphatic rings. The lowest BCUT2D eigenvalue weighted by molar-refractivity contribution is 0.308. The van der Waals surface area contributed by atoms with Gasteiger partial charge in [-0.2, -0.15) is 0 Å². The van der Waals surface area contributed by atoms with Crippen LogP contribution in [0.15, 0.2) is 127 Å². The summed E-state index contributed by atoms with van der Waals surface area (Å²) in [6.07, 6.45) is 3.18. The number of rotatable bonds is 7. The number of fused-ring (bicyclic) bond motifs is 2. The minimum atomic E-state index is -3.31. The van der Waals surface area contributed by atoms with Crippen LogP contribution in [-0.4, -0.2) is 0 Å². The maximum atomic E-state index is 16.2. The van der Waals surface area contributed by atoms with Crippen molar-refractivity contribution in [2.24, 2.45) is 0 Å². The molecule has 0 aliphatic heterocycles. The Labute approximate surface area is 254 Å². The van der Waals surface area contributed by atoms with Crippen molar-refractivity contribution < 1.29 is 9.30 Å². The van der Waals surface area contributed by atoms with Crippen molar-refractivity contribution in [2.45, 2.75) is 39.7 Å². The highest BCUT2D eigenvalue weighted by molar-refractivity contribution is 7.85. The van der Waals surface area contributed by atoms with E-state index in [9.17, 15) is 0 Å². The molecule has 43 heavy (non-hydrogen) atoms. The van der Waals surface area contributed by atoms with Gasteiger partial charge in [0, 0.05) is 27.0 Å². The van der Waals surface area contributed by atoms with E-state index in [1.807, 2.05) is 78.9 Å². The zero-order chi connectivity index (χ0) is 29.4. The summed E-state index contributed by atoms with van der Waals surface area (Å²) in [5, 5.41) is 4.92. The van der Waals surface area contributed by atoms with E-state index in [0.717, 1.165) is 74.0 Å². The van der Waals surface area contributed by atoms with Gasteiger partial charge in [0.2, 0.25) is 0 Å². The van der Waals surface area contributed by atoms with Crippen LogP contribution in [0.2, 0.25) is 0 Å². The quantitative estimate of drug-likeness (QED) is 0.177. The monoisotopic (exact) mass is 578 g/mol. The first-order valence-electron chi connectivity index (χ1n) is 15.1. The average molecular weight is 579 g/mol. The molecular weight excluding hydrogens is 543 g/mol. The zero-order valence-corrected chi connectivity index (χ0v) is 25.6. The predicted molar refractivity (Wildman–Crippen MR) is 181 cm³/mol. The summed E-state index contributed by atoms with van der Waals surface area (Å²) >= 11 is 0. The van der Waals surface area contributed by atoms with Crippen LogP contribution in [-0.2, 0) is 24.0 Å². The Morgan fingerprint density at radius 2 is 1.16 bits per heavy atom. The van der Waals surface area contributed by atoms with Crippen molar-refractivity contribution in [3.8, 4) is 16.9 Å². The molecule has 212 valence electrons. The highest BCUT2D eigenvalue weighted by atomic mass is 31.2. The highest BCUT2D eigenvalue weighted by Crippen LogP contribution is 2.51. The summed E-state index contributed by atoms with van der Waals surface area (Å²) in [6.45, 7) is 4.90. The van der Waals surface area contributed by atoms with Crippen LogP contribution in [0.4, 0.5) is 0 Å². The second kappa shape index (κ2) is 11.4. The minimum Gasteiger partial charge on any atom is -0.488 e. The third-order valence-corrected chi connectivity index (χ3v) is 12.3. The summed E-state index contributed by atoms with van der Waals surface area (Å²) in [5.74, 6) is 0.817. The van der Waals surface area contributed by atoms with Crippen molar-refractivity contribution in [3.05, 3.63) is 155 Å². The molecule has 1 aliphatic carbocycles. The SMILES string of the molecule is Cc1c2c(c(C)c(P(=O)(c3ccccc3)c3ccccc3)c1-c1c(OCc3ccccc3)ccc3ccccc13)CCC2. The molecule has 2 nitrogen and oxygen atoms in total. The number of benzene rings is 6. The van der Waals surface area contributed by atoms with Gasteiger partial charge in [-0.25, -0.2) is 0 Å². The largest absolute Gasteiger partial charge is 0.488 e. The predicted octanol–water partition coefficient (Wildman–Crippen LogP) is 8.83. The Balaban J connectivity index is 1.59. The van der Waals surface area contributed by atoms with E-state index in [-0.39, 0.29) is 0 Å². The maximum absolute atomic E-state index is 16.2. The molecule has 0 saturated heterocycles. The summed E-state index contributed by atoms with van der Waals surface area (Å²) in [4.78, 5) is 0. The van der Waals surface area contributed by atoms with Crippen molar-refractivity contribution in [2.75, 3.05) is 0 Å². The average Bonchev–Trinajstić information content (AvgIpc) is 3.57. The zero-order valence-electron chi connectivity index (χ0n) is 24.7. The van der Waals surface area contributed by atoms with Crippen LogP contribution < -0.4 is 20.7 Å². The topological polar surface area (TPSA) is 26.3 Å². The van der Waals surface area contributed by atoms with Gasteiger partial charge in [0.15, 0.2) is 7.14 Å². The normalized spacial score (nSPS) is 12.8. The summed E-state index contributed by atoms with van der Waals surface area (Å²) < 4.78 is 22.9. The first-order chi connectivity index (χ1) is 21.1. The Bertz CT molecular complexity index is 1940. The maximum Gasteiger partial charge on any atom is 0.171 e. The molecule has 0 saturated carbocycles. The van der Waals surface area contributed by atoms with Gasteiger partial charge in [-0.05, 0) is 77.8 Å². The first kappa shape index (κ1) is 27.4. The number of hydrogen-bond donors (Lipinski definition) is 0. The van der Waals surface area contributed by atoms with E-state index in [0.29, 0.717) is 6.61 Å². The molecule has 0 aromatic heterocycles. The smallest absolute Gasteiger partial charge is 0.171 e. The van der Waals surface area contributed by atoms with Crippen LogP contribution in [0.5, 0.6) is 5.75 Å². The third kappa shape index (κ3) is 4.71. The van der Waals surface area contributed by atoms with Crippen LogP contribution in [0, 0.1) is 13.8 Å². The second-order valence-corrected chi connectivity index (χ2v) is 14.2. The van der Waals surface area contributed by atoms with E-state index in [1.165, 1.54) is 16.7 Å². The van der Waals surface area contributed by atoms with E-state index in [2.05, 4.69) is 62.4 Å². The Morgan fingerprint density at radius 3 is 1.81 bits per heavy atom. The Kier molecular flexibility index (Phi) is 7.25. The molecular formula is C40H35O2P. The molecule has 3 heteroatoms. The van der Waals surface area contributed by atoms with Crippen LogP contribution in [0.3, 0.4) is 0 Å². The Morgan fingerprint density at radius 1 is 0.605 bits per heavy atom. The van der Waals surface area contributed by atoms with Crippen molar-refractivity contribution in [3.63, 3.8) is 0 Å². The van der Waals surface area contributed by atoms with Crippen LogP contribution in [0.1, 0.15) is 34.2 Å². The Hall–Kier alpha value is -4.39. The lowest BCUT2D eigenvalue weighted by atomic mass is 9.88. The van der Waals surface area contributed by atoms with Crippen LogP contribution >= 0.6 is 7.14 Å². The highest BCUT2D eigenvalue weighted by Gasteiger charge is 2.38. The number of hydrogen-bond acceptors (Lipinski definition) is 2. The fourth-order valence-electron chi connectivity index (χ4n) is 6.98. The third-order valence-electron chi connectivity index (χ3n) is 9.02. The second-order valence-electron chi connectivity index (χ2n) is 11.5. The molecule has 0 radical (unpaired) electrons. The van der Waals surface area contributed by atoms with E-state index in [4.69, 9.17) is 4.74 Å². The molecule has 0 spiro atoms.